The van der Waals surface area contributed by atoms with E-state index in [2.05, 4.69) is 223 Å². The van der Waals surface area contributed by atoms with Crippen LogP contribution in [-0.2, 0) is 31.8 Å². The van der Waals surface area contributed by atoms with E-state index in [1.54, 1.807) is 0 Å². The lowest BCUT2D eigenvalue weighted by atomic mass is 9.29. The second-order valence-corrected chi connectivity index (χ2v) is 27.8. The molecule has 2 fully saturated rings. The highest BCUT2D eigenvalue weighted by Gasteiger charge is 2.64. The SMILES string of the molecule is Cc1cc2c3c(c1)N(c1ccc(C(C)(C)C)cc1C(C)(C)C)c1cc(N4c5ccccc5C5(C)CCCCC45C)ccc1B3C1=C(OC3(C)CCCCC13C)N2c1cc(C(C)(C)C)cc(C(C)(C)C)c1. The van der Waals surface area contributed by atoms with Crippen molar-refractivity contribution in [1.82, 2.24) is 0 Å². The molecule has 0 spiro atoms. The number of para-hydroxylation sites is 1. The zero-order valence-electron chi connectivity index (χ0n) is 46.1. The van der Waals surface area contributed by atoms with Crippen LogP contribution in [0.5, 0.6) is 0 Å². The van der Waals surface area contributed by atoms with Crippen LogP contribution in [0.4, 0.5) is 39.8 Å². The molecule has 5 aromatic carbocycles. The van der Waals surface area contributed by atoms with Crippen molar-refractivity contribution in [2.45, 2.75) is 207 Å². The molecule has 11 rings (SSSR count). The van der Waals surface area contributed by atoms with E-state index in [0.717, 1.165) is 18.7 Å². The predicted molar refractivity (Wildman–Crippen MR) is 300 cm³/mol. The Morgan fingerprint density at radius 3 is 1.74 bits per heavy atom. The van der Waals surface area contributed by atoms with Crippen LogP contribution in [0.1, 0.15) is 196 Å². The van der Waals surface area contributed by atoms with E-state index in [9.17, 15) is 0 Å². The van der Waals surface area contributed by atoms with Crippen molar-refractivity contribution in [1.29, 1.82) is 0 Å². The molecule has 0 amide bonds. The minimum atomic E-state index is -0.335. The Balaban J connectivity index is 1.25. The molecule has 5 aromatic rings. The van der Waals surface area contributed by atoms with E-state index in [1.807, 2.05) is 0 Å². The highest BCUT2D eigenvalue weighted by molar-refractivity contribution is 6.95. The molecule has 0 N–H and O–H groups in total. The fraction of sp³-hybridized carbons (Fsp3) is 0.508. The number of fused-ring (bicyclic) bond motifs is 8. The van der Waals surface area contributed by atoms with Crippen LogP contribution in [0.2, 0.25) is 0 Å². The number of nitrogens with zero attached hydrogens (tertiary/aromatic N) is 3. The summed E-state index contributed by atoms with van der Waals surface area (Å²) in [5.41, 5.74) is 20.7. The number of benzene rings is 5. The van der Waals surface area contributed by atoms with Crippen LogP contribution in [-0.4, -0.2) is 17.9 Å². The van der Waals surface area contributed by atoms with Crippen LogP contribution in [0.25, 0.3) is 0 Å². The number of anilines is 7. The van der Waals surface area contributed by atoms with Gasteiger partial charge < -0.3 is 14.5 Å². The van der Waals surface area contributed by atoms with E-state index in [1.165, 1.54) is 128 Å². The summed E-state index contributed by atoms with van der Waals surface area (Å²) < 4.78 is 7.82. The first kappa shape index (κ1) is 47.4. The normalized spacial score (nSPS) is 26.1. The first-order valence-electron chi connectivity index (χ1n) is 27.1. The minimum Gasteiger partial charge on any atom is -0.472 e. The first-order chi connectivity index (χ1) is 32.6. The monoisotopic (exact) mass is 932 g/mol. The van der Waals surface area contributed by atoms with Gasteiger partial charge in [-0.3, -0.25) is 4.90 Å². The highest BCUT2D eigenvalue weighted by atomic mass is 16.5. The van der Waals surface area contributed by atoms with Crippen molar-refractivity contribution < 1.29 is 4.74 Å². The van der Waals surface area contributed by atoms with Gasteiger partial charge in [-0.1, -0.05) is 159 Å². The van der Waals surface area contributed by atoms with Gasteiger partial charge >= 0.3 is 0 Å². The standard InChI is InChI=1S/C65H82BN3O/c1-41-34-53-55-54(35-41)68(50-29-26-42(58(2,3)4)39-48(50)61(11,12)13)52-40-45(69-51-25-19-18-24-47(51)62(14)30-20-22-32-64(62,69)16)27-28-49(52)66(55)56-57(70-65(17)33-23-21-31-63(56,65)15)67(53)46-37-43(59(5,6)7)36-44(38-46)60(8,9)10/h18-19,24-29,34-40H,20-23,30-33H2,1-17H3. The van der Waals surface area contributed by atoms with E-state index in [0.29, 0.717) is 0 Å². The van der Waals surface area contributed by atoms with E-state index < -0.39 is 0 Å². The molecule has 5 heteroatoms. The highest BCUT2D eigenvalue weighted by Crippen LogP contribution is 2.64. The number of hydrogen-bond donors (Lipinski definition) is 0. The van der Waals surface area contributed by atoms with Crippen LogP contribution >= 0.6 is 0 Å². The Hall–Kier alpha value is -4.90. The molecule has 6 aliphatic rings. The summed E-state index contributed by atoms with van der Waals surface area (Å²) in [4.78, 5) is 8.12. The van der Waals surface area contributed by atoms with Crippen molar-refractivity contribution >= 4 is 57.5 Å². The molecule has 0 aromatic heterocycles. The van der Waals surface area contributed by atoms with Crippen molar-refractivity contribution in [3.8, 4) is 0 Å². The maximum atomic E-state index is 7.82. The van der Waals surface area contributed by atoms with Gasteiger partial charge in [0.25, 0.3) is 6.71 Å². The molecule has 0 saturated heterocycles. The molecule has 2 saturated carbocycles. The molecule has 2 aliphatic carbocycles. The molecule has 0 bridgehead atoms. The van der Waals surface area contributed by atoms with Gasteiger partial charge in [-0.25, -0.2) is 0 Å². The Kier molecular flexibility index (Phi) is 10.2. The summed E-state index contributed by atoms with van der Waals surface area (Å²) in [6.45, 7) is 41.0. The van der Waals surface area contributed by atoms with Gasteiger partial charge in [0.2, 0.25) is 0 Å². The molecule has 70 heavy (non-hydrogen) atoms. The fourth-order valence-corrected chi connectivity index (χ4v) is 14.4. The molecular weight excluding hydrogens is 850 g/mol. The van der Waals surface area contributed by atoms with Gasteiger partial charge in [0.1, 0.15) is 5.60 Å². The van der Waals surface area contributed by atoms with Crippen LogP contribution in [0, 0.1) is 12.3 Å². The number of aryl methyl sites for hydroxylation is 1. The average Bonchev–Trinajstić information content (AvgIpc) is 3.64. The van der Waals surface area contributed by atoms with Gasteiger partial charge in [0.05, 0.1) is 5.54 Å². The smallest absolute Gasteiger partial charge is 0.252 e. The first-order valence-corrected chi connectivity index (χ1v) is 27.1. The van der Waals surface area contributed by atoms with Crippen molar-refractivity contribution in [2.24, 2.45) is 5.41 Å². The maximum absolute atomic E-state index is 7.82. The minimum absolute atomic E-state index is 0.00573. The topological polar surface area (TPSA) is 19.0 Å². The third-order valence-electron chi connectivity index (χ3n) is 19.1. The van der Waals surface area contributed by atoms with Crippen molar-refractivity contribution in [3.63, 3.8) is 0 Å². The van der Waals surface area contributed by atoms with E-state index >= 15 is 0 Å². The van der Waals surface area contributed by atoms with E-state index in [-0.39, 0.29) is 50.3 Å². The van der Waals surface area contributed by atoms with Crippen LogP contribution < -0.4 is 25.6 Å². The summed E-state index contributed by atoms with van der Waals surface area (Å²) in [7, 11) is 0. The molecule has 4 unspecified atom stereocenters. The zero-order valence-corrected chi connectivity index (χ0v) is 46.1. The molecule has 4 nitrogen and oxygen atoms in total. The second-order valence-electron chi connectivity index (χ2n) is 27.8. The summed E-state index contributed by atoms with van der Waals surface area (Å²) in [6, 6.07) is 37.0. The Labute approximate surface area is 423 Å². The molecule has 4 heterocycles. The number of ether oxygens (including phenoxy) is 1. The fourth-order valence-electron chi connectivity index (χ4n) is 14.4. The van der Waals surface area contributed by atoms with Gasteiger partial charge in [-0.15, -0.1) is 0 Å². The molecule has 366 valence electrons. The van der Waals surface area contributed by atoms with Crippen LogP contribution in [0.3, 0.4) is 0 Å². The Morgan fingerprint density at radius 2 is 1.10 bits per heavy atom. The predicted octanol–water partition coefficient (Wildman–Crippen LogP) is 16.6. The second kappa shape index (κ2) is 15.1. The summed E-state index contributed by atoms with van der Waals surface area (Å²) >= 11 is 0. The van der Waals surface area contributed by atoms with Crippen molar-refractivity contribution in [2.75, 3.05) is 14.7 Å². The third kappa shape index (κ3) is 6.66. The third-order valence-corrected chi connectivity index (χ3v) is 19.1. The van der Waals surface area contributed by atoms with Gasteiger partial charge in [-0.2, -0.15) is 0 Å². The van der Waals surface area contributed by atoms with Crippen LogP contribution in [0.15, 0.2) is 102 Å². The summed E-state index contributed by atoms with van der Waals surface area (Å²) in [5, 5.41) is 0. The largest absolute Gasteiger partial charge is 0.472 e. The maximum Gasteiger partial charge on any atom is 0.252 e. The summed E-state index contributed by atoms with van der Waals surface area (Å²) in [5.74, 6) is 1.07. The quantitative estimate of drug-likeness (QED) is 0.168. The van der Waals surface area contributed by atoms with Crippen molar-refractivity contribution in [3.05, 3.63) is 136 Å². The average molecular weight is 932 g/mol. The summed E-state index contributed by atoms with van der Waals surface area (Å²) in [6.07, 6.45) is 9.46. The zero-order chi connectivity index (χ0) is 50.1. The Morgan fingerprint density at radius 1 is 0.500 bits per heavy atom. The molecule has 0 radical (unpaired) electrons. The lowest BCUT2D eigenvalue weighted by Gasteiger charge is -2.51. The Bertz CT molecular complexity index is 2990. The molecule has 4 atom stereocenters. The molecular formula is C65H82BN3O. The lowest BCUT2D eigenvalue weighted by Crippen LogP contribution is -2.59. The lowest BCUT2D eigenvalue weighted by molar-refractivity contribution is -0.0607. The molecule has 4 aliphatic heterocycles. The number of rotatable bonds is 3. The van der Waals surface area contributed by atoms with Gasteiger partial charge in [0.15, 0.2) is 5.88 Å². The van der Waals surface area contributed by atoms with Gasteiger partial charge in [0, 0.05) is 50.6 Å². The number of hydrogen-bond acceptors (Lipinski definition) is 4. The van der Waals surface area contributed by atoms with Gasteiger partial charge in [-0.05, 0) is 173 Å². The van der Waals surface area contributed by atoms with E-state index in [4.69, 9.17) is 4.74 Å².